The highest BCUT2D eigenvalue weighted by molar-refractivity contribution is 5.73. The molecule has 0 fully saturated rings. The Hall–Kier alpha value is -2.44. The number of methoxy groups -OCH3 is 3. The third-order valence-corrected chi connectivity index (χ3v) is 3.29. The minimum atomic E-state index is -0.622. The Morgan fingerprint density at radius 2 is 1.72 bits per heavy atom. The summed E-state index contributed by atoms with van der Waals surface area (Å²) in [6, 6.07) is 4.96. The fourth-order valence-corrected chi connectivity index (χ4v) is 2.23. The Balaban J connectivity index is 2.89. The van der Waals surface area contributed by atoms with E-state index in [1.807, 2.05) is 6.07 Å². The van der Waals surface area contributed by atoms with Crippen LogP contribution in [-0.2, 0) is 20.7 Å². The second-order valence-electron chi connectivity index (χ2n) is 6.52. The number of amides is 1. The van der Waals surface area contributed by atoms with Gasteiger partial charge in [-0.3, -0.25) is 4.79 Å². The number of alkyl carbamates (subject to hydrolysis) is 1. The maximum absolute atomic E-state index is 12.0. The van der Waals surface area contributed by atoms with Crippen molar-refractivity contribution in [3.05, 3.63) is 23.8 Å². The van der Waals surface area contributed by atoms with Crippen LogP contribution in [0.25, 0.3) is 0 Å². The molecule has 0 aromatic heterocycles. The Kier molecular flexibility index (Phi) is 7.54. The quantitative estimate of drug-likeness (QED) is 0.759. The van der Waals surface area contributed by atoms with Crippen LogP contribution in [-0.4, -0.2) is 45.0 Å². The third-order valence-electron chi connectivity index (χ3n) is 3.29. The highest BCUT2D eigenvalue weighted by Crippen LogP contribution is 2.28. The molecule has 0 radical (unpaired) electrons. The molecule has 7 nitrogen and oxygen atoms in total. The predicted octanol–water partition coefficient (Wildman–Crippen LogP) is 2.70. The molecule has 0 spiro atoms. The van der Waals surface area contributed by atoms with Crippen LogP contribution < -0.4 is 14.8 Å². The minimum absolute atomic E-state index is 0.0318. The van der Waals surface area contributed by atoms with Crippen LogP contribution in [0, 0.1) is 0 Å². The molecule has 1 aromatic carbocycles. The third kappa shape index (κ3) is 7.32. The number of esters is 1. The molecular weight excluding hydrogens is 326 g/mol. The lowest BCUT2D eigenvalue weighted by molar-refractivity contribution is -0.141. The molecule has 0 aliphatic heterocycles. The summed E-state index contributed by atoms with van der Waals surface area (Å²) in [5, 5.41) is 2.72. The molecule has 0 saturated heterocycles. The molecule has 0 aliphatic carbocycles. The maximum Gasteiger partial charge on any atom is 0.407 e. The second-order valence-corrected chi connectivity index (χ2v) is 6.52. The van der Waals surface area contributed by atoms with Crippen molar-refractivity contribution in [3.8, 4) is 11.5 Å². The summed E-state index contributed by atoms with van der Waals surface area (Å²) in [4.78, 5) is 23.7. The molecule has 1 atom stereocenters. The van der Waals surface area contributed by atoms with Gasteiger partial charge in [0.25, 0.3) is 0 Å². The Bertz CT molecular complexity index is 594. The van der Waals surface area contributed by atoms with Gasteiger partial charge in [0.2, 0.25) is 0 Å². The van der Waals surface area contributed by atoms with Gasteiger partial charge in [-0.25, -0.2) is 4.79 Å². The molecule has 7 heteroatoms. The number of benzene rings is 1. The number of carbonyl (C=O) groups excluding carboxylic acids is 2. The average molecular weight is 353 g/mol. The molecule has 0 saturated carbocycles. The first-order valence-corrected chi connectivity index (χ1v) is 7.95. The Morgan fingerprint density at radius 3 is 2.24 bits per heavy atom. The van der Waals surface area contributed by atoms with Gasteiger partial charge in [-0.1, -0.05) is 6.07 Å². The van der Waals surface area contributed by atoms with Crippen molar-refractivity contribution < 1.29 is 28.5 Å². The molecule has 1 aromatic rings. The zero-order valence-electron chi connectivity index (χ0n) is 15.7. The molecule has 1 rings (SSSR count). The Labute approximate surface area is 148 Å². The number of rotatable bonds is 7. The van der Waals surface area contributed by atoms with Crippen molar-refractivity contribution in [1.29, 1.82) is 0 Å². The van der Waals surface area contributed by atoms with E-state index in [4.69, 9.17) is 18.9 Å². The number of carbonyl (C=O) groups is 2. The fraction of sp³-hybridized carbons (Fsp3) is 0.556. The van der Waals surface area contributed by atoms with E-state index in [1.54, 1.807) is 47.1 Å². The van der Waals surface area contributed by atoms with E-state index in [1.165, 1.54) is 7.11 Å². The van der Waals surface area contributed by atoms with Crippen LogP contribution in [0.3, 0.4) is 0 Å². The maximum atomic E-state index is 12.0. The van der Waals surface area contributed by atoms with Gasteiger partial charge in [0.05, 0.1) is 27.8 Å². The molecule has 0 bridgehead atoms. The van der Waals surface area contributed by atoms with Crippen molar-refractivity contribution in [2.24, 2.45) is 0 Å². The molecule has 1 N–H and O–H groups in total. The molecule has 1 amide bonds. The molecule has 25 heavy (non-hydrogen) atoms. The van der Waals surface area contributed by atoms with Crippen LogP contribution >= 0.6 is 0 Å². The van der Waals surface area contributed by atoms with Crippen LogP contribution in [0.15, 0.2) is 18.2 Å². The summed E-state index contributed by atoms with van der Waals surface area (Å²) in [5.41, 5.74) is 0.256. The first-order chi connectivity index (χ1) is 11.7. The SMILES string of the molecule is COC(=O)C[C@@H](Cc1ccc(OC)c(OC)c1)NC(=O)OC(C)(C)C. The van der Waals surface area contributed by atoms with Crippen LogP contribution in [0.2, 0.25) is 0 Å². The Morgan fingerprint density at radius 1 is 1.08 bits per heavy atom. The molecular formula is C18H27NO6. The average Bonchev–Trinajstić information content (AvgIpc) is 2.52. The summed E-state index contributed by atoms with van der Waals surface area (Å²) in [7, 11) is 4.41. The van der Waals surface area contributed by atoms with E-state index in [0.717, 1.165) is 5.56 Å². The molecule has 0 heterocycles. The first-order valence-electron chi connectivity index (χ1n) is 7.95. The van der Waals surface area contributed by atoms with E-state index < -0.39 is 23.7 Å². The number of ether oxygens (including phenoxy) is 4. The van der Waals surface area contributed by atoms with E-state index >= 15 is 0 Å². The minimum Gasteiger partial charge on any atom is -0.493 e. The van der Waals surface area contributed by atoms with Crippen LogP contribution in [0.1, 0.15) is 32.8 Å². The number of nitrogens with one attached hydrogen (secondary N) is 1. The number of hydrogen-bond acceptors (Lipinski definition) is 6. The molecule has 140 valence electrons. The monoisotopic (exact) mass is 353 g/mol. The van der Waals surface area contributed by atoms with Crippen molar-refractivity contribution in [3.63, 3.8) is 0 Å². The lowest BCUT2D eigenvalue weighted by atomic mass is 10.0. The zero-order chi connectivity index (χ0) is 19.0. The molecule has 0 unspecified atom stereocenters. The van der Waals surface area contributed by atoms with Gasteiger partial charge in [-0.05, 0) is 44.9 Å². The van der Waals surface area contributed by atoms with E-state index in [-0.39, 0.29) is 6.42 Å². The van der Waals surface area contributed by atoms with Crippen LogP contribution in [0.4, 0.5) is 4.79 Å². The lowest BCUT2D eigenvalue weighted by Crippen LogP contribution is -2.41. The summed E-state index contributed by atoms with van der Waals surface area (Å²) in [5.74, 6) is 0.770. The zero-order valence-corrected chi connectivity index (χ0v) is 15.7. The highest BCUT2D eigenvalue weighted by atomic mass is 16.6. The lowest BCUT2D eigenvalue weighted by Gasteiger charge is -2.23. The summed E-state index contributed by atoms with van der Waals surface area (Å²) in [6.45, 7) is 5.32. The standard InChI is InChI=1S/C18H27NO6/c1-18(2,3)25-17(21)19-13(11-16(20)24-6)9-12-7-8-14(22-4)15(10-12)23-5/h7-8,10,13H,9,11H2,1-6H3,(H,19,21)/t13-/m1/s1. The first kappa shape index (κ1) is 20.6. The number of hydrogen-bond donors (Lipinski definition) is 1. The van der Waals surface area contributed by atoms with E-state index in [2.05, 4.69) is 5.32 Å². The predicted molar refractivity (Wildman–Crippen MR) is 93.0 cm³/mol. The summed E-state index contributed by atoms with van der Waals surface area (Å²) >= 11 is 0. The van der Waals surface area contributed by atoms with Gasteiger partial charge in [0.15, 0.2) is 11.5 Å². The smallest absolute Gasteiger partial charge is 0.407 e. The summed E-state index contributed by atoms with van der Waals surface area (Å²) in [6.07, 6.45) is -0.138. The van der Waals surface area contributed by atoms with Gasteiger partial charge in [0.1, 0.15) is 5.60 Å². The fourth-order valence-electron chi connectivity index (χ4n) is 2.23. The highest BCUT2D eigenvalue weighted by Gasteiger charge is 2.22. The normalized spacial score (nSPS) is 12.1. The van der Waals surface area contributed by atoms with E-state index in [0.29, 0.717) is 17.9 Å². The molecule has 0 aliphatic rings. The van der Waals surface area contributed by atoms with Crippen molar-refractivity contribution in [2.75, 3.05) is 21.3 Å². The second kappa shape index (κ2) is 9.15. The van der Waals surface area contributed by atoms with Crippen molar-refractivity contribution in [1.82, 2.24) is 5.32 Å². The largest absolute Gasteiger partial charge is 0.493 e. The van der Waals surface area contributed by atoms with E-state index in [9.17, 15) is 9.59 Å². The summed E-state index contributed by atoms with van der Waals surface area (Å²) < 4.78 is 20.4. The topological polar surface area (TPSA) is 83.1 Å². The van der Waals surface area contributed by atoms with Crippen LogP contribution in [0.5, 0.6) is 11.5 Å². The van der Waals surface area contributed by atoms with Gasteiger partial charge in [-0.15, -0.1) is 0 Å². The van der Waals surface area contributed by atoms with Gasteiger partial charge >= 0.3 is 12.1 Å². The van der Waals surface area contributed by atoms with Crippen molar-refractivity contribution >= 4 is 12.1 Å². The van der Waals surface area contributed by atoms with Gasteiger partial charge in [0, 0.05) is 6.04 Å². The van der Waals surface area contributed by atoms with Crippen molar-refractivity contribution in [2.45, 2.75) is 45.3 Å². The van der Waals surface area contributed by atoms with Gasteiger partial charge < -0.3 is 24.3 Å². The van der Waals surface area contributed by atoms with Gasteiger partial charge in [-0.2, -0.15) is 0 Å².